The van der Waals surface area contributed by atoms with E-state index < -0.39 is 0 Å². The molecule has 0 aromatic carbocycles. The highest BCUT2D eigenvalue weighted by Crippen LogP contribution is 2.23. The number of hydrogen-bond donors (Lipinski definition) is 1. The second kappa shape index (κ2) is 7.64. The van der Waals surface area contributed by atoms with E-state index in [-0.39, 0.29) is 23.5 Å². The van der Waals surface area contributed by atoms with Crippen LogP contribution in [0.25, 0.3) is 11.4 Å². The quantitative estimate of drug-likeness (QED) is 0.786. The van der Waals surface area contributed by atoms with E-state index in [2.05, 4.69) is 15.2 Å². The lowest BCUT2D eigenvalue weighted by molar-refractivity contribution is -0.132. The SMILES string of the molecule is Cn1c(SCC(=O)N2CCC[C@@H](C(N)=O)C2)nnc1-c1ccncc1. The van der Waals surface area contributed by atoms with E-state index in [0.29, 0.717) is 18.2 Å². The van der Waals surface area contributed by atoms with E-state index in [9.17, 15) is 9.59 Å². The topological polar surface area (TPSA) is 107 Å². The lowest BCUT2D eigenvalue weighted by Gasteiger charge is -2.31. The van der Waals surface area contributed by atoms with Gasteiger partial charge in [0, 0.05) is 38.1 Å². The number of piperidine rings is 1. The van der Waals surface area contributed by atoms with Crippen LogP contribution < -0.4 is 5.73 Å². The summed E-state index contributed by atoms with van der Waals surface area (Å²) in [6.45, 7) is 1.08. The third kappa shape index (κ3) is 3.98. The Labute approximate surface area is 149 Å². The van der Waals surface area contributed by atoms with Crippen molar-refractivity contribution in [2.24, 2.45) is 18.7 Å². The average molecular weight is 360 g/mol. The molecule has 1 aliphatic heterocycles. The van der Waals surface area contributed by atoms with Crippen LogP contribution in [0.3, 0.4) is 0 Å². The number of primary amides is 1. The van der Waals surface area contributed by atoms with Crippen molar-refractivity contribution < 1.29 is 9.59 Å². The van der Waals surface area contributed by atoms with E-state index in [1.165, 1.54) is 11.8 Å². The Hall–Kier alpha value is -2.42. The number of pyridine rings is 1. The summed E-state index contributed by atoms with van der Waals surface area (Å²) in [6, 6.07) is 3.72. The number of hydrogen-bond acceptors (Lipinski definition) is 6. The fraction of sp³-hybridized carbons (Fsp3) is 0.438. The number of amides is 2. The van der Waals surface area contributed by atoms with Crippen LogP contribution in [0.5, 0.6) is 0 Å². The van der Waals surface area contributed by atoms with Crippen LogP contribution in [-0.2, 0) is 16.6 Å². The maximum atomic E-state index is 12.4. The van der Waals surface area contributed by atoms with Crippen molar-refractivity contribution in [1.82, 2.24) is 24.6 Å². The summed E-state index contributed by atoms with van der Waals surface area (Å²) in [5.74, 6) is 0.401. The molecule has 1 saturated heterocycles. The average Bonchev–Trinajstić information content (AvgIpc) is 3.01. The number of likely N-dealkylation sites (tertiary alicyclic amines) is 1. The second-order valence-electron chi connectivity index (χ2n) is 5.97. The number of aromatic nitrogens is 4. The predicted octanol–water partition coefficient (Wildman–Crippen LogP) is 0.693. The molecule has 2 amide bonds. The molecule has 9 heteroatoms. The molecule has 2 aromatic heterocycles. The maximum Gasteiger partial charge on any atom is 0.233 e. The Morgan fingerprint density at radius 2 is 2.08 bits per heavy atom. The highest BCUT2D eigenvalue weighted by Gasteiger charge is 2.27. The predicted molar refractivity (Wildman–Crippen MR) is 93.5 cm³/mol. The Balaban J connectivity index is 1.61. The van der Waals surface area contributed by atoms with E-state index in [1.807, 2.05) is 23.7 Å². The van der Waals surface area contributed by atoms with Gasteiger partial charge in [-0.25, -0.2) is 0 Å². The third-order valence-corrected chi connectivity index (χ3v) is 5.28. The molecule has 1 aliphatic rings. The van der Waals surface area contributed by atoms with Gasteiger partial charge in [0.2, 0.25) is 11.8 Å². The zero-order valence-corrected chi connectivity index (χ0v) is 14.8. The molecular weight excluding hydrogens is 340 g/mol. The fourth-order valence-electron chi connectivity index (χ4n) is 2.85. The minimum atomic E-state index is -0.333. The molecule has 2 aromatic rings. The first-order chi connectivity index (χ1) is 12.1. The number of thioether (sulfide) groups is 1. The summed E-state index contributed by atoms with van der Waals surface area (Å²) in [7, 11) is 1.87. The summed E-state index contributed by atoms with van der Waals surface area (Å²) in [4.78, 5) is 29.5. The van der Waals surface area contributed by atoms with Crippen molar-refractivity contribution in [3.05, 3.63) is 24.5 Å². The van der Waals surface area contributed by atoms with Crippen LogP contribution in [0, 0.1) is 5.92 Å². The molecule has 0 aliphatic carbocycles. The van der Waals surface area contributed by atoms with E-state index in [1.54, 1.807) is 17.3 Å². The molecule has 8 nitrogen and oxygen atoms in total. The van der Waals surface area contributed by atoms with Gasteiger partial charge in [0.25, 0.3) is 0 Å². The molecule has 1 fully saturated rings. The number of carbonyl (C=O) groups is 2. The summed E-state index contributed by atoms with van der Waals surface area (Å²) in [5, 5.41) is 9.02. The Kier molecular flexibility index (Phi) is 5.32. The van der Waals surface area contributed by atoms with Crippen LogP contribution in [0.2, 0.25) is 0 Å². The van der Waals surface area contributed by atoms with Gasteiger partial charge in [0.05, 0.1) is 11.7 Å². The molecule has 0 radical (unpaired) electrons. The normalized spacial score (nSPS) is 17.5. The van der Waals surface area contributed by atoms with Gasteiger partial charge in [0.15, 0.2) is 11.0 Å². The molecule has 0 unspecified atom stereocenters. The standard InChI is InChI=1S/C16H20N6O2S/c1-21-15(11-4-6-18-7-5-11)19-20-16(21)25-10-13(23)22-8-2-3-12(9-22)14(17)24/h4-7,12H,2-3,8-10H2,1H3,(H2,17,24)/t12-/m1/s1. The van der Waals surface area contributed by atoms with Crippen molar-refractivity contribution >= 4 is 23.6 Å². The first-order valence-corrected chi connectivity index (χ1v) is 9.04. The molecule has 3 rings (SSSR count). The Morgan fingerprint density at radius 1 is 1.32 bits per heavy atom. The van der Waals surface area contributed by atoms with Crippen molar-refractivity contribution in [2.75, 3.05) is 18.8 Å². The monoisotopic (exact) mass is 360 g/mol. The smallest absolute Gasteiger partial charge is 0.233 e. The first kappa shape index (κ1) is 17.4. The number of nitrogens with two attached hydrogens (primary N) is 1. The summed E-state index contributed by atoms with van der Waals surface area (Å²) in [6.07, 6.45) is 4.96. The lowest BCUT2D eigenvalue weighted by Crippen LogP contribution is -2.44. The zero-order chi connectivity index (χ0) is 17.8. The van der Waals surface area contributed by atoms with Gasteiger partial charge in [-0.2, -0.15) is 0 Å². The van der Waals surface area contributed by atoms with Gasteiger partial charge < -0.3 is 15.2 Å². The minimum Gasteiger partial charge on any atom is -0.369 e. The van der Waals surface area contributed by atoms with Gasteiger partial charge in [-0.15, -0.1) is 10.2 Å². The second-order valence-corrected chi connectivity index (χ2v) is 6.91. The molecule has 0 saturated carbocycles. The molecule has 0 spiro atoms. The minimum absolute atomic E-state index is 0.00980. The third-order valence-electron chi connectivity index (χ3n) is 4.27. The van der Waals surface area contributed by atoms with Crippen LogP contribution in [-0.4, -0.2) is 55.3 Å². The van der Waals surface area contributed by atoms with Crippen LogP contribution in [0.15, 0.2) is 29.7 Å². The van der Waals surface area contributed by atoms with E-state index >= 15 is 0 Å². The molecule has 0 bridgehead atoms. The molecule has 3 heterocycles. The fourth-order valence-corrected chi connectivity index (χ4v) is 3.66. The maximum absolute atomic E-state index is 12.4. The van der Waals surface area contributed by atoms with Crippen molar-refractivity contribution in [3.8, 4) is 11.4 Å². The van der Waals surface area contributed by atoms with Crippen molar-refractivity contribution in [1.29, 1.82) is 0 Å². The van der Waals surface area contributed by atoms with Gasteiger partial charge >= 0.3 is 0 Å². The number of nitrogens with zero attached hydrogens (tertiary/aromatic N) is 5. The summed E-state index contributed by atoms with van der Waals surface area (Å²) < 4.78 is 1.86. The van der Waals surface area contributed by atoms with Crippen molar-refractivity contribution in [2.45, 2.75) is 18.0 Å². The van der Waals surface area contributed by atoms with E-state index in [0.717, 1.165) is 24.2 Å². The summed E-state index contributed by atoms with van der Waals surface area (Å²) in [5.41, 5.74) is 6.28. The van der Waals surface area contributed by atoms with Gasteiger partial charge in [0.1, 0.15) is 0 Å². The molecule has 1 atom stereocenters. The van der Waals surface area contributed by atoms with Gasteiger partial charge in [-0.1, -0.05) is 11.8 Å². The molecule has 2 N–H and O–H groups in total. The van der Waals surface area contributed by atoms with Crippen LogP contribution in [0.4, 0.5) is 0 Å². The molecular formula is C16H20N6O2S. The molecule has 132 valence electrons. The zero-order valence-electron chi connectivity index (χ0n) is 14.0. The number of carbonyl (C=O) groups excluding carboxylic acids is 2. The first-order valence-electron chi connectivity index (χ1n) is 8.06. The van der Waals surface area contributed by atoms with Gasteiger partial charge in [-0.3, -0.25) is 14.6 Å². The van der Waals surface area contributed by atoms with Crippen LogP contribution >= 0.6 is 11.8 Å². The van der Waals surface area contributed by atoms with E-state index in [4.69, 9.17) is 5.73 Å². The molecule has 25 heavy (non-hydrogen) atoms. The van der Waals surface area contributed by atoms with Crippen LogP contribution in [0.1, 0.15) is 12.8 Å². The Bertz CT molecular complexity index is 763. The largest absolute Gasteiger partial charge is 0.369 e. The summed E-state index contributed by atoms with van der Waals surface area (Å²) >= 11 is 1.34. The van der Waals surface area contributed by atoms with Gasteiger partial charge in [-0.05, 0) is 25.0 Å². The Morgan fingerprint density at radius 3 is 2.80 bits per heavy atom. The highest BCUT2D eigenvalue weighted by molar-refractivity contribution is 7.99. The highest BCUT2D eigenvalue weighted by atomic mass is 32.2. The van der Waals surface area contributed by atoms with Crippen molar-refractivity contribution in [3.63, 3.8) is 0 Å². The number of rotatable bonds is 5. The lowest BCUT2D eigenvalue weighted by atomic mass is 9.97.